The Hall–Kier alpha value is -1.43. The zero-order chi connectivity index (χ0) is 17.5. The summed E-state index contributed by atoms with van der Waals surface area (Å²) in [5.74, 6) is 0.0894. The van der Waals surface area contributed by atoms with E-state index in [1.807, 2.05) is 18.2 Å². The molecule has 1 aromatic carbocycles. The molecular weight excluding hydrogens is 318 g/mol. The highest BCUT2D eigenvalue weighted by atomic mass is 16.5. The average Bonchev–Trinajstić information content (AvgIpc) is 2.68. The molecule has 1 saturated carbocycles. The number of carbonyl (C=O) groups excluding carboxylic acids is 1. The third kappa shape index (κ3) is 4.22. The lowest BCUT2D eigenvalue weighted by atomic mass is 9.68. The van der Waals surface area contributed by atoms with Crippen LogP contribution in [0.4, 0.5) is 0 Å². The quantitative estimate of drug-likeness (QED) is 0.828. The van der Waals surface area contributed by atoms with Crippen LogP contribution in [-0.2, 0) is 19.7 Å². The van der Waals surface area contributed by atoms with Gasteiger partial charge in [-0.15, -0.1) is 0 Å². The first kappa shape index (κ1) is 18.4. The first-order valence-electron chi connectivity index (χ1n) is 9.43. The van der Waals surface area contributed by atoms with E-state index in [0.717, 1.165) is 37.7 Å². The molecule has 1 saturated heterocycles. The van der Waals surface area contributed by atoms with E-state index in [0.29, 0.717) is 19.8 Å². The first-order chi connectivity index (χ1) is 12.3. The topological polar surface area (TPSA) is 67.8 Å². The van der Waals surface area contributed by atoms with Crippen LogP contribution in [-0.4, -0.2) is 49.6 Å². The van der Waals surface area contributed by atoms with E-state index in [1.54, 1.807) is 0 Å². The number of hydrogen-bond donors (Lipinski definition) is 2. The molecule has 5 heteroatoms. The van der Waals surface area contributed by atoms with Crippen molar-refractivity contribution in [3.8, 4) is 0 Å². The van der Waals surface area contributed by atoms with Gasteiger partial charge in [-0.3, -0.25) is 4.79 Å². The molecule has 1 heterocycles. The van der Waals surface area contributed by atoms with Crippen molar-refractivity contribution in [2.24, 2.45) is 0 Å². The maximum absolute atomic E-state index is 13.3. The van der Waals surface area contributed by atoms with Crippen molar-refractivity contribution in [2.75, 3.05) is 26.4 Å². The van der Waals surface area contributed by atoms with E-state index in [9.17, 15) is 4.79 Å². The van der Waals surface area contributed by atoms with Gasteiger partial charge in [0.15, 0.2) is 0 Å². The summed E-state index contributed by atoms with van der Waals surface area (Å²) in [7, 11) is 0. The zero-order valence-corrected chi connectivity index (χ0v) is 14.8. The predicted molar refractivity (Wildman–Crippen MR) is 95.4 cm³/mol. The maximum atomic E-state index is 13.3. The van der Waals surface area contributed by atoms with Crippen LogP contribution in [0.25, 0.3) is 0 Å². The predicted octanol–water partition coefficient (Wildman–Crippen LogP) is 2.17. The Bertz CT molecular complexity index is 542. The van der Waals surface area contributed by atoms with Crippen LogP contribution in [0.15, 0.2) is 30.3 Å². The van der Waals surface area contributed by atoms with Gasteiger partial charge in [-0.05, 0) is 24.8 Å². The lowest BCUT2D eigenvalue weighted by molar-refractivity contribution is -0.133. The fourth-order valence-electron chi connectivity index (χ4n) is 4.12. The number of aliphatic hydroxyl groups excluding tert-OH is 1. The third-order valence-electron chi connectivity index (χ3n) is 5.50. The minimum atomic E-state index is -0.446. The van der Waals surface area contributed by atoms with E-state index in [4.69, 9.17) is 14.6 Å². The van der Waals surface area contributed by atoms with Gasteiger partial charge in [0.05, 0.1) is 37.4 Å². The van der Waals surface area contributed by atoms with Crippen molar-refractivity contribution in [1.29, 1.82) is 0 Å². The average molecular weight is 347 g/mol. The highest BCUT2D eigenvalue weighted by Crippen LogP contribution is 2.40. The van der Waals surface area contributed by atoms with Crippen molar-refractivity contribution in [2.45, 2.75) is 56.1 Å². The fraction of sp³-hybridized carbons (Fsp3) is 0.650. The minimum Gasteiger partial charge on any atom is -0.394 e. The second-order valence-corrected chi connectivity index (χ2v) is 7.09. The SMILES string of the molecule is O=C(N[C@@H]1COCC[C@@H]1OCCO)C1(c2ccccc2)CCCCC1. The van der Waals surface area contributed by atoms with Crippen molar-refractivity contribution < 1.29 is 19.4 Å². The summed E-state index contributed by atoms with van der Waals surface area (Å²) in [4.78, 5) is 13.3. The van der Waals surface area contributed by atoms with Crippen molar-refractivity contribution in [3.63, 3.8) is 0 Å². The van der Waals surface area contributed by atoms with E-state index >= 15 is 0 Å². The monoisotopic (exact) mass is 347 g/mol. The summed E-state index contributed by atoms with van der Waals surface area (Å²) in [6, 6.07) is 10.00. The zero-order valence-electron chi connectivity index (χ0n) is 14.8. The fourth-order valence-corrected chi connectivity index (χ4v) is 4.12. The molecule has 1 amide bonds. The summed E-state index contributed by atoms with van der Waals surface area (Å²) in [5.41, 5.74) is 0.662. The lowest BCUT2D eigenvalue weighted by Gasteiger charge is -2.39. The Morgan fingerprint density at radius 1 is 1.24 bits per heavy atom. The van der Waals surface area contributed by atoms with E-state index in [1.165, 1.54) is 6.42 Å². The van der Waals surface area contributed by atoms with Crippen molar-refractivity contribution in [3.05, 3.63) is 35.9 Å². The number of carbonyl (C=O) groups is 1. The van der Waals surface area contributed by atoms with Crippen LogP contribution in [0.5, 0.6) is 0 Å². The second-order valence-electron chi connectivity index (χ2n) is 7.09. The molecule has 0 unspecified atom stereocenters. The van der Waals surface area contributed by atoms with Gasteiger partial charge in [-0.2, -0.15) is 0 Å². The Morgan fingerprint density at radius 3 is 2.72 bits per heavy atom. The summed E-state index contributed by atoms with van der Waals surface area (Å²) < 4.78 is 11.3. The summed E-state index contributed by atoms with van der Waals surface area (Å²) >= 11 is 0. The molecule has 0 aromatic heterocycles. The Morgan fingerprint density at radius 2 is 2.00 bits per heavy atom. The van der Waals surface area contributed by atoms with Crippen LogP contribution >= 0.6 is 0 Å². The molecule has 2 aliphatic rings. The van der Waals surface area contributed by atoms with Gasteiger partial charge < -0.3 is 19.9 Å². The van der Waals surface area contributed by atoms with Gasteiger partial charge in [0.1, 0.15) is 0 Å². The van der Waals surface area contributed by atoms with E-state index in [-0.39, 0.29) is 24.7 Å². The van der Waals surface area contributed by atoms with Crippen LogP contribution in [0.3, 0.4) is 0 Å². The molecule has 1 aromatic rings. The van der Waals surface area contributed by atoms with Crippen LogP contribution < -0.4 is 5.32 Å². The molecule has 1 aliphatic carbocycles. The molecule has 2 atom stereocenters. The Labute approximate surface area is 149 Å². The van der Waals surface area contributed by atoms with Crippen LogP contribution in [0, 0.1) is 0 Å². The number of benzene rings is 1. The molecule has 0 radical (unpaired) electrons. The molecule has 138 valence electrons. The molecule has 2 N–H and O–H groups in total. The molecule has 25 heavy (non-hydrogen) atoms. The largest absolute Gasteiger partial charge is 0.394 e. The summed E-state index contributed by atoms with van der Waals surface area (Å²) in [6.07, 6.45) is 5.76. The molecule has 0 bridgehead atoms. The molecule has 2 fully saturated rings. The highest BCUT2D eigenvalue weighted by Gasteiger charge is 2.42. The number of ether oxygens (including phenoxy) is 2. The lowest BCUT2D eigenvalue weighted by Crippen LogP contribution is -2.56. The molecule has 1 aliphatic heterocycles. The minimum absolute atomic E-state index is 0.00796. The molecule has 3 rings (SSSR count). The van der Waals surface area contributed by atoms with Gasteiger partial charge in [0.25, 0.3) is 0 Å². The van der Waals surface area contributed by atoms with Crippen molar-refractivity contribution >= 4 is 5.91 Å². The van der Waals surface area contributed by atoms with Crippen LogP contribution in [0.2, 0.25) is 0 Å². The number of rotatable bonds is 6. The summed E-state index contributed by atoms with van der Waals surface area (Å²) in [6.45, 7) is 1.38. The van der Waals surface area contributed by atoms with Gasteiger partial charge >= 0.3 is 0 Å². The third-order valence-corrected chi connectivity index (χ3v) is 5.50. The maximum Gasteiger partial charge on any atom is 0.231 e. The normalized spacial score (nSPS) is 26.1. The number of hydrogen-bond acceptors (Lipinski definition) is 4. The van der Waals surface area contributed by atoms with Gasteiger partial charge in [0.2, 0.25) is 5.91 Å². The molecule has 5 nitrogen and oxygen atoms in total. The first-order valence-corrected chi connectivity index (χ1v) is 9.43. The van der Waals surface area contributed by atoms with Gasteiger partial charge in [-0.25, -0.2) is 0 Å². The smallest absolute Gasteiger partial charge is 0.231 e. The standard InChI is InChI=1S/C20H29NO4/c22-12-14-25-18-9-13-24-15-17(18)21-19(23)20(10-5-2-6-11-20)16-7-3-1-4-8-16/h1,3-4,7-8,17-18,22H,2,5-6,9-15H2,(H,21,23)/t17-,18+/m1/s1. The van der Waals surface area contributed by atoms with Gasteiger partial charge in [-0.1, -0.05) is 49.6 Å². The van der Waals surface area contributed by atoms with Crippen LogP contribution in [0.1, 0.15) is 44.1 Å². The Kier molecular flexibility index (Phi) is 6.45. The number of aliphatic hydroxyl groups is 1. The molecular formula is C20H29NO4. The van der Waals surface area contributed by atoms with E-state index < -0.39 is 5.41 Å². The highest BCUT2D eigenvalue weighted by molar-refractivity contribution is 5.88. The summed E-state index contributed by atoms with van der Waals surface area (Å²) in [5, 5.41) is 12.2. The second kappa shape index (κ2) is 8.79. The molecule has 0 spiro atoms. The Balaban J connectivity index is 1.76. The number of amides is 1. The van der Waals surface area contributed by atoms with E-state index in [2.05, 4.69) is 17.4 Å². The van der Waals surface area contributed by atoms with Gasteiger partial charge in [0, 0.05) is 6.61 Å². The van der Waals surface area contributed by atoms with Crippen molar-refractivity contribution in [1.82, 2.24) is 5.32 Å². The number of nitrogens with one attached hydrogen (secondary N) is 1.